The van der Waals surface area contributed by atoms with Crippen molar-refractivity contribution < 1.29 is 54.8 Å². The summed E-state index contributed by atoms with van der Waals surface area (Å²) >= 11 is 0. The Balaban J connectivity index is 0. The van der Waals surface area contributed by atoms with Gasteiger partial charge < -0.3 is 54.8 Å². The van der Waals surface area contributed by atoms with Crippen LogP contribution >= 0.6 is 0 Å². The zero-order valence-electron chi connectivity index (χ0n) is 8.39. The van der Waals surface area contributed by atoms with Crippen LogP contribution in [0, 0.1) is 0 Å². The van der Waals surface area contributed by atoms with Crippen molar-refractivity contribution in [1.29, 1.82) is 0 Å². The first-order valence-electron chi connectivity index (χ1n) is 0. The van der Waals surface area contributed by atoms with Crippen molar-refractivity contribution in [2.45, 2.75) is 0 Å². The average molecular weight is 324 g/mol. The molecular formula is H10Al3Mg3O10+5. The molecule has 0 spiro atoms. The molecule has 80 valence electrons. The standard InChI is InChI=1S/3Al.3Mg.5H2O.5O/h;;;;;;5*1H2;;;;;/q3*+3;3*+2;;;;;;5*-2. The molecule has 0 heterocycles. The molecule has 16 heavy (non-hydrogen) atoms. The van der Waals surface area contributed by atoms with Crippen LogP contribution in [0.3, 0.4) is 0 Å². The van der Waals surface area contributed by atoms with Gasteiger partial charge >= 0.3 is 121 Å². The third-order valence-electron chi connectivity index (χ3n) is 0. The van der Waals surface area contributed by atoms with E-state index in [1.165, 1.54) is 0 Å². The van der Waals surface area contributed by atoms with E-state index in [9.17, 15) is 0 Å². The minimum atomic E-state index is 0. The summed E-state index contributed by atoms with van der Waals surface area (Å²) in [6.45, 7) is 0. The first-order valence-corrected chi connectivity index (χ1v) is 0. The summed E-state index contributed by atoms with van der Waals surface area (Å²) in [6, 6.07) is 0. The molecule has 10 nitrogen and oxygen atoms in total. The molecule has 0 bridgehead atoms. The van der Waals surface area contributed by atoms with E-state index in [-0.39, 0.29) is 176 Å². The summed E-state index contributed by atoms with van der Waals surface area (Å²) in [7, 11) is 0. The van der Waals surface area contributed by atoms with Gasteiger partial charge in [-0.25, -0.2) is 0 Å². The Morgan fingerprint density at radius 3 is 0.250 bits per heavy atom. The monoisotopic (exact) mass is 323 g/mol. The van der Waals surface area contributed by atoms with Gasteiger partial charge in [0.05, 0.1) is 0 Å². The second kappa shape index (κ2) is 463. The summed E-state index contributed by atoms with van der Waals surface area (Å²) in [5.41, 5.74) is 0. The maximum Gasteiger partial charge on any atom is 3.00 e. The maximum absolute atomic E-state index is 0. The third kappa shape index (κ3) is 390. The molecule has 0 aliphatic carbocycles. The SMILES string of the molecule is O.O.O.O.O.[Al+3].[Al+3].[Al+3].[Mg+2].[Mg+2].[Mg+2].[O-2].[O-2].[O-2].[O-2].[O-2]. The van der Waals surface area contributed by atoms with E-state index in [0.29, 0.717) is 0 Å². The van der Waals surface area contributed by atoms with E-state index in [0.717, 1.165) is 0 Å². The van der Waals surface area contributed by atoms with Crippen LogP contribution in [0.15, 0.2) is 0 Å². The van der Waals surface area contributed by atoms with Crippen molar-refractivity contribution in [3.8, 4) is 0 Å². The van der Waals surface area contributed by atoms with E-state index < -0.39 is 0 Å². The Bertz CT molecular complexity index is 21.3. The topological polar surface area (TPSA) is 300 Å². The molecule has 0 radical (unpaired) electrons. The smallest absolute Gasteiger partial charge is 2.00 e. The van der Waals surface area contributed by atoms with Gasteiger partial charge in [0.1, 0.15) is 0 Å². The van der Waals surface area contributed by atoms with Crippen molar-refractivity contribution in [2.75, 3.05) is 0 Å². The van der Waals surface area contributed by atoms with Crippen molar-refractivity contribution in [3.63, 3.8) is 0 Å². The van der Waals surface area contributed by atoms with Crippen molar-refractivity contribution in [2.24, 2.45) is 0 Å². The second-order valence-corrected chi connectivity index (χ2v) is 0. The largest absolute Gasteiger partial charge is 3.00 e. The predicted octanol–water partition coefficient (Wildman–Crippen LogP) is -7.00. The summed E-state index contributed by atoms with van der Waals surface area (Å²) in [5, 5.41) is 0. The first kappa shape index (κ1) is 546. The molecule has 0 saturated carbocycles. The number of hydrogen-bond acceptors (Lipinski definition) is 0. The normalized spacial score (nSPS) is 0. The van der Waals surface area contributed by atoms with Crippen molar-refractivity contribution >= 4 is 121 Å². The zero-order valence-corrected chi connectivity index (χ0v) is 16.1. The van der Waals surface area contributed by atoms with Gasteiger partial charge in [0, 0.05) is 0 Å². The Morgan fingerprint density at radius 2 is 0.250 bits per heavy atom. The van der Waals surface area contributed by atoms with Gasteiger partial charge in [-0.05, 0) is 0 Å². The van der Waals surface area contributed by atoms with E-state index in [4.69, 9.17) is 0 Å². The van der Waals surface area contributed by atoms with Crippen LogP contribution < -0.4 is 0 Å². The molecule has 0 aromatic carbocycles. The molecular weight excluding hydrogens is 314 g/mol. The Kier molecular flexibility index (Phi) is 15800. The molecule has 0 aromatic heterocycles. The van der Waals surface area contributed by atoms with Crippen LogP contribution in [0.25, 0.3) is 0 Å². The number of rotatable bonds is 0. The molecule has 0 rings (SSSR count). The van der Waals surface area contributed by atoms with Gasteiger partial charge in [-0.3, -0.25) is 0 Å². The van der Waals surface area contributed by atoms with Crippen LogP contribution in [0.1, 0.15) is 0 Å². The van der Waals surface area contributed by atoms with Gasteiger partial charge in [-0.15, -0.1) is 0 Å². The molecule has 0 aromatic rings. The molecule has 0 saturated heterocycles. The van der Waals surface area contributed by atoms with Crippen LogP contribution in [-0.4, -0.2) is 149 Å². The predicted molar refractivity (Wildman–Crippen MR) is 56.0 cm³/mol. The van der Waals surface area contributed by atoms with Gasteiger partial charge in [-0.1, -0.05) is 0 Å². The maximum atomic E-state index is 0. The van der Waals surface area contributed by atoms with Gasteiger partial charge in [-0.2, -0.15) is 0 Å². The van der Waals surface area contributed by atoms with E-state index in [1.54, 1.807) is 0 Å². The second-order valence-electron chi connectivity index (χ2n) is 0. The van der Waals surface area contributed by atoms with Crippen LogP contribution in [0.5, 0.6) is 0 Å². The molecule has 0 atom stereocenters. The minimum absolute atomic E-state index is 0. The minimum Gasteiger partial charge on any atom is -2.00 e. The third-order valence-corrected chi connectivity index (χ3v) is 0. The van der Waals surface area contributed by atoms with E-state index in [2.05, 4.69) is 0 Å². The quantitative estimate of drug-likeness (QED) is 0.375. The molecule has 0 fully saturated rings. The molecule has 0 unspecified atom stereocenters. The van der Waals surface area contributed by atoms with Gasteiger partial charge in [0.2, 0.25) is 0 Å². The fourth-order valence-electron chi connectivity index (χ4n) is 0. The van der Waals surface area contributed by atoms with Gasteiger partial charge in [0.15, 0.2) is 0 Å². The average Bonchev–Trinajstić information content (AvgIpc) is 0. The first-order chi connectivity index (χ1) is 0. The van der Waals surface area contributed by atoms with Crippen molar-refractivity contribution in [1.82, 2.24) is 0 Å². The molecule has 0 amide bonds. The van der Waals surface area contributed by atoms with E-state index >= 15 is 0 Å². The summed E-state index contributed by atoms with van der Waals surface area (Å²) < 4.78 is 0. The van der Waals surface area contributed by atoms with E-state index in [1.807, 2.05) is 0 Å². The fraction of sp³-hybridized carbons (Fsp3) is 0. The van der Waals surface area contributed by atoms with Crippen LogP contribution in [0.4, 0.5) is 0 Å². The zero-order chi connectivity index (χ0) is 0. The fourth-order valence-corrected chi connectivity index (χ4v) is 0. The summed E-state index contributed by atoms with van der Waals surface area (Å²) in [6.07, 6.45) is 0. The Labute approximate surface area is 174 Å². The molecule has 10 N–H and O–H groups in total. The molecule has 0 aliphatic rings. The Hall–Kier alpha value is 3.50. The van der Waals surface area contributed by atoms with Gasteiger partial charge in [0.25, 0.3) is 0 Å². The van der Waals surface area contributed by atoms with Crippen LogP contribution in [0.2, 0.25) is 0 Å². The summed E-state index contributed by atoms with van der Waals surface area (Å²) in [4.78, 5) is 0. The number of hydrogen-bond donors (Lipinski definition) is 0. The molecule has 0 aliphatic heterocycles. The van der Waals surface area contributed by atoms with Crippen molar-refractivity contribution in [3.05, 3.63) is 0 Å². The molecule has 16 heteroatoms. The summed E-state index contributed by atoms with van der Waals surface area (Å²) in [5.74, 6) is 0. The van der Waals surface area contributed by atoms with Crippen LogP contribution in [-0.2, 0) is 27.4 Å². The Morgan fingerprint density at radius 1 is 0.250 bits per heavy atom.